The lowest BCUT2D eigenvalue weighted by atomic mass is 9.94. The summed E-state index contributed by atoms with van der Waals surface area (Å²) in [7, 11) is 2.03. The Hall–Kier alpha value is -0.670. The highest BCUT2D eigenvalue weighted by atomic mass is 32.1. The standard InChI is InChI=1S/C13H20N2S/c1-14-13(12-9-16-10-15-12)11-7-5-3-2-4-6-8-11/h7,9-10,13-14H,2-6,8H2,1H3. The Labute approximate surface area is 102 Å². The molecule has 1 N–H and O–H groups in total. The van der Waals surface area contributed by atoms with Crippen LogP contribution in [0.25, 0.3) is 0 Å². The van der Waals surface area contributed by atoms with E-state index in [0.29, 0.717) is 6.04 Å². The molecule has 0 aliphatic heterocycles. The van der Waals surface area contributed by atoms with Gasteiger partial charge < -0.3 is 5.32 Å². The average Bonchev–Trinajstić information content (AvgIpc) is 2.75. The molecular weight excluding hydrogens is 216 g/mol. The normalized spacial score (nSPS) is 19.7. The van der Waals surface area contributed by atoms with Crippen LogP contribution in [-0.2, 0) is 0 Å². The zero-order valence-electron chi connectivity index (χ0n) is 9.91. The van der Waals surface area contributed by atoms with Crippen LogP contribution in [0.4, 0.5) is 0 Å². The molecule has 0 saturated carbocycles. The number of allylic oxidation sites excluding steroid dienone is 1. The van der Waals surface area contributed by atoms with E-state index in [-0.39, 0.29) is 0 Å². The SMILES string of the molecule is CNC(C1=CCCCCCC1)c1cscn1. The maximum atomic E-state index is 4.43. The molecule has 1 aliphatic rings. The molecule has 0 radical (unpaired) electrons. The fraction of sp³-hybridized carbons (Fsp3) is 0.615. The third-order valence-electron chi connectivity index (χ3n) is 3.23. The fourth-order valence-electron chi connectivity index (χ4n) is 2.37. The summed E-state index contributed by atoms with van der Waals surface area (Å²) in [4.78, 5) is 4.43. The highest BCUT2D eigenvalue weighted by Crippen LogP contribution is 2.28. The van der Waals surface area contributed by atoms with E-state index < -0.39 is 0 Å². The molecule has 1 aliphatic carbocycles. The number of nitrogens with zero attached hydrogens (tertiary/aromatic N) is 1. The van der Waals surface area contributed by atoms with Crippen LogP contribution in [0.5, 0.6) is 0 Å². The molecule has 1 heterocycles. The van der Waals surface area contributed by atoms with Crippen molar-refractivity contribution >= 4 is 11.3 Å². The van der Waals surface area contributed by atoms with Crippen molar-refractivity contribution in [3.05, 3.63) is 28.2 Å². The minimum Gasteiger partial charge on any atom is -0.308 e. The minimum atomic E-state index is 0.337. The molecule has 0 amide bonds. The van der Waals surface area contributed by atoms with Gasteiger partial charge in [0, 0.05) is 5.38 Å². The highest BCUT2D eigenvalue weighted by Gasteiger charge is 2.16. The van der Waals surface area contributed by atoms with Gasteiger partial charge in [-0.1, -0.05) is 24.5 Å². The van der Waals surface area contributed by atoms with Crippen LogP contribution in [-0.4, -0.2) is 12.0 Å². The van der Waals surface area contributed by atoms with Gasteiger partial charge in [0.25, 0.3) is 0 Å². The number of hydrogen-bond acceptors (Lipinski definition) is 3. The summed E-state index contributed by atoms with van der Waals surface area (Å²) in [6, 6.07) is 0.337. The van der Waals surface area contributed by atoms with Crippen molar-refractivity contribution in [1.29, 1.82) is 0 Å². The highest BCUT2D eigenvalue weighted by molar-refractivity contribution is 7.07. The number of nitrogens with one attached hydrogen (secondary N) is 1. The maximum Gasteiger partial charge on any atom is 0.0795 e. The van der Waals surface area contributed by atoms with Gasteiger partial charge >= 0.3 is 0 Å². The molecule has 0 spiro atoms. The van der Waals surface area contributed by atoms with Gasteiger partial charge in [-0.2, -0.15) is 0 Å². The number of rotatable bonds is 3. The van der Waals surface area contributed by atoms with Crippen LogP contribution in [0.1, 0.15) is 50.3 Å². The first-order valence-corrected chi connectivity index (χ1v) is 7.10. The molecule has 0 aromatic carbocycles. The Bertz CT molecular complexity index is 330. The van der Waals surface area contributed by atoms with E-state index >= 15 is 0 Å². The van der Waals surface area contributed by atoms with Crippen molar-refractivity contribution in [2.24, 2.45) is 0 Å². The average molecular weight is 236 g/mol. The molecular formula is C13H20N2S. The van der Waals surface area contributed by atoms with Gasteiger partial charge in [0.05, 0.1) is 17.2 Å². The predicted octanol–water partition coefficient (Wildman–Crippen LogP) is 3.68. The summed E-state index contributed by atoms with van der Waals surface area (Å²) < 4.78 is 0. The molecule has 16 heavy (non-hydrogen) atoms. The van der Waals surface area contributed by atoms with E-state index in [9.17, 15) is 0 Å². The Morgan fingerprint density at radius 3 is 2.94 bits per heavy atom. The second-order valence-corrected chi connectivity index (χ2v) is 5.09. The van der Waals surface area contributed by atoms with Gasteiger partial charge in [0.2, 0.25) is 0 Å². The van der Waals surface area contributed by atoms with Crippen molar-refractivity contribution in [1.82, 2.24) is 10.3 Å². The first-order chi connectivity index (χ1) is 7.92. The minimum absolute atomic E-state index is 0.337. The van der Waals surface area contributed by atoms with Gasteiger partial charge in [-0.15, -0.1) is 11.3 Å². The monoisotopic (exact) mass is 236 g/mol. The van der Waals surface area contributed by atoms with E-state index in [1.165, 1.54) is 49.8 Å². The molecule has 1 aromatic heterocycles. The van der Waals surface area contributed by atoms with Gasteiger partial charge in [-0.3, -0.25) is 0 Å². The summed E-state index contributed by atoms with van der Waals surface area (Å²) in [5, 5.41) is 5.55. The number of thiazole rings is 1. The number of likely N-dealkylation sites (N-methyl/N-ethyl adjacent to an activating group) is 1. The lowest BCUT2D eigenvalue weighted by Crippen LogP contribution is -2.19. The van der Waals surface area contributed by atoms with Crippen LogP contribution in [0, 0.1) is 0 Å². The van der Waals surface area contributed by atoms with Crippen LogP contribution in [0.15, 0.2) is 22.5 Å². The van der Waals surface area contributed by atoms with Crippen molar-refractivity contribution in [3.8, 4) is 0 Å². The van der Waals surface area contributed by atoms with E-state index in [0.717, 1.165) is 0 Å². The third-order valence-corrected chi connectivity index (χ3v) is 3.84. The zero-order chi connectivity index (χ0) is 11.2. The molecule has 0 saturated heterocycles. The van der Waals surface area contributed by atoms with Gasteiger partial charge in [-0.25, -0.2) is 4.98 Å². The fourth-order valence-corrected chi connectivity index (χ4v) is 2.95. The summed E-state index contributed by atoms with van der Waals surface area (Å²) in [5.41, 5.74) is 4.64. The van der Waals surface area contributed by atoms with Crippen LogP contribution >= 0.6 is 11.3 Å². The third kappa shape index (κ3) is 2.92. The lowest BCUT2D eigenvalue weighted by molar-refractivity contribution is 0.568. The largest absolute Gasteiger partial charge is 0.308 e. The van der Waals surface area contributed by atoms with Crippen molar-refractivity contribution in [3.63, 3.8) is 0 Å². The summed E-state index contributed by atoms with van der Waals surface area (Å²) in [6.07, 6.45) is 10.3. The molecule has 0 bridgehead atoms. The Kier molecular flexibility index (Phi) is 4.55. The van der Waals surface area contributed by atoms with Crippen molar-refractivity contribution < 1.29 is 0 Å². The quantitative estimate of drug-likeness (QED) is 0.810. The van der Waals surface area contributed by atoms with Gasteiger partial charge in [0.1, 0.15) is 0 Å². The topological polar surface area (TPSA) is 24.9 Å². The van der Waals surface area contributed by atoms with Gasteiger partial charge in [0.15, 0.2) is 0 Å². The number of aromatic nitrogens is 1. The first kappa shape index (κ1) is 11.8. The Morgan fingerprint density at radius 2 is 2.19 bits per heavy atom. The van der Waals surface area contributed by atoms with Gasteiger partial charge in [-0.05, 0) is 32.7 Å². The lowest BCUT2D eigenvalue weighted by Gasteiger charge is -2.20. The summed E-state index contributed by atoms with van der Waals surface area (Å²) in [6.45, 7) is 0. The molecule has 2 rings (SSSR count). The van der Waals surface area contributed by atoms with Crippen molar-refractivity contribution in [2.75, 3.05) is 7.05 Å². The Balaban J connectivity index is 2.12. The van der Waals surface area contributed by atoms with E-state index in [4.69, 9.17) is 0 Å². The van der Waals surface area contributed by atoms with Crippen molar-refractivity contribution in [2.45, 2.75) is 44.6 Å². The summed E-state index contributed by atoms with van der Waals surface area (Å²) in [5.74, 6) is 0. The van der Waals surface area contributed by atoms with Crippen LogP contribution in [0.2, 0.25) is 0 Å². The molecule has 88 valence electrons. The van der Waals surface area contributed by atoms with E-state index in [1.54, 1.807) is 11.3 Å². The van der Waals surface area contributed by atoms with E-state index in [2.05, 4.69) is 21.8 Å². The zero-order valence-corrected chi connectivity index (χ0v) is 10.7. The first-order valence-electron chi connectivity index (χ1n) is 6.16. The van der Waals surface area contributed by atoms with E-state index in [1.807, 2.05) is 12.6 Å². The Morgan fingerprint density at radius 1 is 1.31 bits per heavy atom. The molecule has 0 fully saturated rings. The molecule has 3 heteroatoms. The summed E-state index contributed by atoms with van der Waals surface area (Å²) >= 11 is 1.68. The molecule has 1 unspecified atom stereocenters. The molecule has 1 atom stereocenters. The maximum absolute atomic E-state index is 4.43. The predicted molar refractivity (Wildman–Crippen MR) is 69.7 cm³/mol. The molecule has 1 aromatic rings. The molecule has 2 nitrogen and oxygen atoms in total. The second-order valence-electron chi connectivity index (χ2n) is 4.37. The second kappa shape index (κ2) is 6.16. The number of hydrogen-bond donors (Lipinski definition) is 1. The smallest absolute Gasteiger partial charge is 0.0795 e. The van der Waals surface area contributed by atoms with Crippen LogP contribution < -0.4 is 5.32 Å². The van der Waals surface area contributed by atoms with Crippen LogP contribution in [0.3, 0.4) is 0 Å².